The van der Waals surface area contributed by atoms with Crippen LogP contribution in [0.2, 0.25) is 0 Å². The molecule has 0 aromatic carbocycles. The first kappa shape index (κ1) is 25.1. The van der Waals surface area contributed by atoms with Crippen LogP contribution in [0.5, 0.6) is 0 Å². The summed E-state index contributed by atoms with van der Waals surface area (Å²) in [6.07, 6.45) is 10.6. The zero-order valence-electron chi connectivity index (χ0n) is 19.4. The minimum atomic E-state index is -0.630. The van der Waals surface area contributed by atoms with E-state index in [-0.39, 0.29) is 35.4 Å². The van der Waals surface area contributed by atoms with Crippen molar-refractivity contribution in [2.24, 2.45) is 17.8 Å². The fourth-order valence-electron chi connectivity index (χ4n) is 5.57. The Bertz CT molecular complexity index is 773. The number of rotatable bonds is 12. The molecule has 178 valence electrons. The number of esters is 1. The van der Waals surface area contributed by atoms with Gasteiger partial charge >= 0.3 is 5.97 Å². The number of ketones is 1. The maximum atomic E-state index is 12.5. The predicted molar refractivity (Wildman–Crippen MR) is 126 cm³/mol. The van der Waals surface area contributed by atoms with Crippen molar-refractivity contribution in [2.45, 2.75) is 88.8 Å². The van der Waals surface area contributed by atoms with E-state index in [0.29, 0.717) is 18.8 Å². The Morgan fingerprint density at radius 2 is 2.12 bits per heavy atom. The first-order valence-electron chi connectivity index (χ1n) is 12.1. The number of thiophene rings is 1. The first-order valence-corrected chi connectivity index (χ1v) is 12.9. The lowest BCUT2D eigenvalue weighted by molar-refractivity contribution is -0.140. The molecule has 0 amide bonds. The average Bonchev–Trinajstić information content (AvgIpc) is 3.38. The van der Waals surface area contributed by atoms with Gasteiger partial charge in [-0.3, -0.25) is 9.59 Å². The molecule has 3 unspecified atom stereocenters. The van der Waals surface area contributed by atoms with Crippen LogP contribution in [0.3, 0.4) is 0 Å². The first-order chi connectivity index (χ1) is 15.4. The Balaban J connectivity index is 1.50. The normalized spacial score (nSPS) is 31.1. The van der Waals surface area contributed by atoms with Crippen molar-refractivity contribution < 1.29 is 24.5 Å². The molecule has 6 heteroatoms. The van der Waals surface area contributed by atoms with Crippen molar-refractivity contribution >= 4 is 23.1 Å². The van der Waals surface area contributed by atoms with Gasteiger partial charge < -0.3 is 14.9 Å². The zero-order chi connectivity index (χ0) is 23.1. The number of aliphatic hydroxyl groups excluding tert-OH is 2. The molecule has 0 aliphatic heterocycles. The summed E-state index contributed by atoms with van der Waals surface area (Å²) in [4.78, 5) is 24.9. The van der Waals surface area contributed by atoms with Crippen LogP contribution in [0.25, 0.3) is 0 Å². The monoisotopic (exact) mass is 462 g/mol. The van der Waals surface area contributed by atoms with E-state index in [9.17, 15) is 19.8 Å². The highest BCUT2D eigenvalue weighted by Crippen LogP contribution is 2.53. The molecule has 1 aromatic rings. The molecule has 32 heavy (non-hydrogen) atoms. The molecule has 2 N–H and O–H groups in total. The van der Waals surface area contributed by atoms with Gasteiger partial charge in [0.1, 0.15) is 5.78 Å². The van der Waals surface area contributed by atoms with Gasteiger partial charge in [-0.2, -0.15) is 0 Å². The highest BCUT2D eigenvalue weighted by atomic mass is 32.1. The fourth-order valence-corrected chi connectivity index (χ4v) is 6.69. The fraction of sp³-hybridized carbons (Fsp3) is 0.692. The highest BCUT2D eigenvalue weighted by molar-refractivity contribution is 7.10. The number of carbonyl (C=O) groups excluding carboxylic acids is 2. The van der Waals surface area contributed by atoms with Gasteiger partial charge in [0.15, 0.2) is 0 Å². The number of hydrogen-bond donors (Lipinski definition) is 2. The topological polar surface area (TPSA) is 83.8 Å². The number of aliphatic hydroxyl groups is 2. The van der Waals surface area contributed by atoms with Gasteiger partial charge in [0, 0.05) is 35.0 Å². The summed E-state index contributed by atoms with van der Waals surface area (Å²) in [5, 5.41) is 23.6. The standard InChI is InChI=1S/C26H38O5S/c1-18-14-15-26(18,24-12-8-16-32-24)23(29)11-7-10-20-19(21(27)17-22(20)28)9-5-3-4-6-13-25(30)31-2/h7-8,10,12,16,18-20,22-23,28-29H,3-6,9,11,13-15,17H2,1-2H3/b10-7+/t18?,19-,20-,22-,23?,26?/m1/s1. The van der Waals surface area contributed by atoms with Crippen molar-refractivity contribution in [1.82, 2.24) is 0 Å². The van der Waals surface area contributed by atoms with Crippen LogP contribution in [0.4, 0.5) is 0 Å². The van der Waals surface area contributed by atoms with Gasteiger partial charge in [0.05, 0.1) is 19.3 Å². The Labute approximate surface area is 195 Å². The van der Waals surface area contributed by atoms with Crippen LogP contribution < -0.4 is 0 Å². The van der Waals surface area contributed by atoms with Crippen molar-refractivity contribution in [3.8, 4) is 0 Å². The smallest absolute Gasteiger partial charge is 0.305 e. The molecule has 2 aliphatic rings. The predicted octanol–water partition coefficient (Wildman–Crippen LogP) is 4.80. The summed E-state index contributed by atoms with van der Waals surface area (Å²) in [5.74, 6) is 0.109. The third-order valence-electron chi connectivity index (χ3n) is 7.77. The third kappa shape index (κ3) is 5.52. The molecule has 0 radical (unpaired) electrons. The van der Waals surface area contributed by atoms with Crippen LogP contribution in [-0.2, 0) is 19.7 Å². The number of carbonyl (C=O) groups is 2. The van der Waals surface area contributed by atoms with Gasteiger partial charge in [0.2, 0.25) is 0 Å². The Hall–Kier alpha value is -1.50. The molecule has 0 spiro atoms. The van der Waals surface area contributed by atoms with Crippen molar-refractivity contribution in [3.05, 3.63) is 34.5 Å². The minimum Gasteiger partial charge on any atom is -0.469 e. The SMILES string of the molecule is COC(=O)CCCCCC[C@H]1C(=O)C[C@@H](O)[C@@H]1/C=C/CC(O)C1(c2cccs2)CCC1C. The van der Waals surface area contributed by atoms with Crippen molar-refractivity contribution in [1.29, 1.82) is 0 Å². The van der Waals surface area contributed by atoms with E-state index in [1.165, 1.54) is 12.0 Å². The van der Waals surface area contributed by atoms with Gasteiger partial charge in [-0.1, -0.05) is 44.4 Å². The van der Waals surface area contributed by atoms with E-state index in [4.69, 9.17) is 0 Å². The molecule has 3 rings (SSSR count). The quantitative estimate of drug-likeness (QED) is 0.265. The Morgan fingerprint density at radius 3 is 2.75 bits per heavy atom. The van der Waals surface area contributed by atoms with Crippen LogP contribution in [0, 0.1) is 17.8 Å². The second-order valence-corrected chi connectivity index (χ2v) is 10.5. The molecule has 6 atom stereocenters. The van der Waals surface area contributed by atoms with E-state index in [0.717, 1.165) is 44.9 Å². The van der Waals surface area contributed by atoms with Gasteiger partial charge in [0.25, 0.3) is 0 Å². The molecular formula is C26H38O5S. The number of methoxy groups -OCH3 is 1. The number of unbranched alkanes of at least 4 members (excludes halogenated alkanes) is 3. The Morgan fingerprint density at radius 1 is 1.34 bits per heavy atom. The van der Waals surface area contributed by atoms with Crippen molar-refractivity contribution in [2.75, 3.05) is 7.11 Å². The molecule has 5 nitrogen and oxygen atoms in total. The summed E-state index contributed by atoms with van der Waals surface area (Å²) in [6.45, 7) is 2.22. The van der Waals surface area contributed by atoms with Gasteiger partial charge in [-0.05, 0) is 49.5 Å². The van der Waals surface area contributed by atoms with Gasteiger partial charge in [-0.25, -0.2) is 0 Å². The lowest BCUT2D eigenvalue weighted by Crippen LogP contribution is -2.51. The average molecular weight is 463 g/mol. The molecule has 0 saturated heterocycles. The second kappa shape index (κ2) is 11.6. The van der Waals surface area contributed by atoms with Crippen LogP contribution in [-0.4, -0.2) is 41.3 Å². The number of ether oxygens (including phenoxy) is 1. The molecule has 1 aromatic heterocycles. The molecular weight excluding hydrogens is 424 g/mol. The van der Waals surface area contributed by atoms with Crippen LogP contribution >= 0.6 is 11.3 Å². The van der Waals surface area contributed by atoms with Crippen LogP contribution in [0.15, 0.2) is 29.7 Å². The molecule has 2 saturated carbocycles. The summed E-state index contributed by atoms with van der Waals surface area (Å²) in [5.41, 5.74) is -0.160. The maximum Gasteiger partial charge on any atom is 0.305 e. The summed E-state index contributed by atoms with van der Waals surface area (Å²) in [7, 11) is 1.40. The third-order valence-corrected chi connectivity index (χ3v) is 8.83. The molecule has 2 aliphatic carbocycles. The number of hydrogen-bond acceptors (Lipinski definition) is 6. The van der Waals surface area contributed by atoms with Crippen LogP contribution in [0.1, 0.15) is 76.0 Å². The van der Waals surface area contributed by atoms with E-state index < -0.39 is 12.2 Å². The summed E-state index contributed by atoms with van der Waals surface area (Å²) >= 11 is 1.72. The zero-order valence-corrected chi connectivity index (χ0v) is 20.2. The largest absolute Gasteiger partial charge is 0.469 e. The lowest BCUT2D eigenvalue weighted by Gasteiger charge is -2.50. The van der Waals surface area contributed by atoms with E-state index in [1.807, 2.05) is 12.2 Å². The highest BCUT2D eigenvalue weighted by Gasteiger charge is 2.51. The molecule has 2 fully saturated rings. The summed E-state index contributed by atoms with van der Waals surface area (Å²) in [6, 6.07) is 4.18. The molecule has 0 bridgehead atoms. The minimum absolute atomic E-state index is 0.143. The number of Topliss-reactive ketones (excluding diaryl/α,β-unsaturated/α-hetero) is 1. The van der Waals surface area contributed by atoms with E-state index in [1.54, 1.807) is 11.3 Å². The lowest BCUT2D eigenvalue weighted by atomic mass is 9.56. The Kier molecular flexibility index (Phi) is 9.09. The van der Waals surface area contributed by atoms with E-state index in [2.05, 4.69) is 29.2 Å². The summed E-state index contributed by atoms with van der Waals surface area (Å²) < 4.78 is 4.65. The molecule has 1 heterocycles. The van der Waals surface area contributed by atoms with Gasteiger partial charge in [-0.15, -0.1) is 11.3 Å². The van der Waals surface area contributed by atoms with E-state index >= 15 is 0 Å². The second-order valence-electron chi connectivity index (χ2n) is 9.59. The maximum absolute atomic E-state index is 12.5. The van der Waals surface area contributed by atoms with Crippen molar-refractivity contribution in [3.63, 3.8) is 0 Å².